The first-order valence-corrected chi connectivity index (χ1v) is 10.7. The number of hydrogen-bond acceptors (Lipinski definition) is 0. The van der Waals surface area contributed by atoms with E-state index >= 15 is 0 Å². The predicted molar refractivity (Wildman–Crippen MR) is 124 cm³/mol. The molecule has 2 aliphatic carbocycles. The van der Waals surface area contributed by atoms with Crippen LogP contribution in [0.25, 0.3) is 33.0 Å². The molecule has 142 valence electrons. The van der Waals surface area contributed by atoms with E-state index in [-0.39, 0.29) is 10.8 Å². The van der Waals surface area contributed by atoms with Crippen LogP contribution in [0.4, 0.5) is 0 Å². The molecule has 0 saturated carbocycles. The Hall–Kier alpha value is -2.57. The van der Waals surface area contributed by atoms with Crippen LogP contribution >= 0.6 is 11.6 Å². The van der Waals surface area contributed by atoms with Crippen LogP contribution in [0.5, 0.6) is 0 Å². The fraction of sp³-hybridized carbons (Fsp3) is 0.214. The molecular formula is C28H23Cl. The summed E-state index contributed by atoms with van der Waals surface area (Å²) in [5.74, 6) is 0. The Morgan fingerprint density at radius 2 is 1.28 bits per heavy atom. The number of rotatable bonds is 0. The van der Waals surface area contributed by atoms with Crippen molar-refractivity contribution in [1.82, 2.24) is 0 Å². The van der Waals surface area contributed by atoms with Gasteiger partial charge in [0.1, 0.15) is 0 Å². The van der Waals surface area contributed by atoms with E-state index in [0.717, 1.165) is 5.02 Å². The van der Waals surface area contributed by atoms with Crippen LogP contribution < -0.4 is 0 Å². The van der Waals surface area contributed by atoms with E-state index in [9.17, 15) is 0 Å². The average molecular weight is 395 g/mol. The summed E-state index contributed by atoms with van der Waals surface area (Å²) < 4.78 is 0. The first kappa shape index (κ1) is 17.3. The van der Waals surface area contributed by atoms with E-state index < -0.39 is 0 Å². The first-order chi connectivity index (χ1) is 13.8. The van der Waals surface area contributed by atoms with E-state index in [1.807, 2.05) is 6.07 Å². The third-order valence-corrected chi connectivity index (χ3v) is 7.51. The summed E-state index contributed by atoms with van der Waals surface area (Å²) in [4.78, 5) is 0. The van der Waals surface area contributed by atoms with Gasteiger partial charge in [0.2, 0.25) is 0 Å². The molecule has 0 fully saturated rings. The maximum Gasteiger partial charge on any atom is 0.0412 e. The SMILES string of the molecule is CC1(C)c2ccc(Cl)cc2-c2c1ccc1c2C(C)(C)c2cc3ccccc3cc2-1. The normalized spacial score (nSPS) is 17.0. The van der Waals surface area contributed by atoms with Gasteiger partial charge in [-0.2, -0.15) is 0 Å². The highest BCUT2D eigenvalue weighted by Crippen LogP contribution is 2.59. The molecule has 0 aliphatic heterocycles. The Morgan fingerprint density at radius 1 is 0.586 bits per heavy atom. The lowest BCUT2D eigenvalue weighted by Crippen LogP contribution is -2.18. The molecule has 29 heavy (non-hydrogen) atoms. The van der Waals surface area contributed by atoms with Gasteiger partial charge >= 0.3 is 0 Å². The molecule has 0 unspecified atom stereocenters. The molecule has 1 heteroatoms. The standard InChI is InChI=1S/C28H23Cl/c1-27(2)22-11-9-18(29)15-21(22)25-23(27)12-10-19-20-13-16-7-5-6-8-17(16)14-24(20)28(3,4)26(19)25/h5-15H,1-4H3. The second-order valence-electron chi connectivity index (χ2n) is 9.60. The quantitative estimate of drug-likeness (QED) is 0.282. The molecule has 0 N–H and O–H groups in total. The molecular weight excluding hydrogens is 372 g/mol. The Morgan fingerprint density at radius 3 is 2.03 bits per heavy atom. The lowest BCUT2D eigenvalue weighted by Gasteiger charge is -2.26. The van der Waals surface area contributed by atoms with Crippen LogP contribution in [0.15, 0.2) is 66.7 Å². The van der Waals surface area contributed by atoms with Gasteiger partial charge in [0.05, 0.1) is 0 Å². The van der Waals surface area contributed by atoms with Crippen molar-refractivity contribution in [3.8, 4) is 22.3 Å². The second-order valence-corrected chi connectivity index (χ2v) is 10.0. The van der Waals surface area contributed by atoms with E-state index in [1.165, 1.54) is 55.3 Å². The van der Waals surface area contributed by atoms with Gasteiger partial charge in [0, 0.05) is 15.9 Å². The second kappa shape index (κ2) is 5.32. The van der Waals surface area contributed by atoms with Crippen LogP contribution in [0.1, 0.15) is 49.9 Å². The van der Waals surface area contributed by atoms with Crippen molar-refractivity contribution in [1.29, 1.82) is 0 Å². The summed E-state index contributed by atoms with van der Waals surface area (Å²) in [6, 6.07) is 24.6. The molecule has 0 heterocycles. The van der Waals surface area contributed by atoms with Gasteiger partial charge in [-0.25, -0.2) is 0 Å². The van der Waals surface area contributed by atoms with Crippen molar-refractivity contribution in [2.75, 3.05) is 0 Å². The molecule has 4 aromatic rings. The van der Waals surface area contributed by atoms with Crippen LogP contribution in [0.3, 0.4) is 0 Å². The molecule has 6 rings (SSSR count). The van der Waals surface area contributed by atoms with Crippen molar-refractivity contribution in [3.05, 3.63) is 94.0 Å². The maximum atomic E-state index is 6.47. The highest BCUT2D eigenvalue weighted by atomic mass is 35.5. The van der Waals surface area contributed by atoms with Gasteiger partial charge < -0.3 is 0 Å². The van der Waals surface area contributed by atoms with Crippen LogP contribution in [-0.4, -0.2) is 0 Å². The van der Waals surface area contributed by atoms with E-state index in [1.54, 1.807) is 0 Å². The molecule has 0 saturated heterocycles. The maximum absolute atomic E-state index is 6.47. The predicted octanol–water partition coefficient (Wildman–Crippen LogP) is 8.11. The fourth-order valence-corrected chi connectivity index (χ4v) is 5.98. The van der Waals surface area contributed by atoms with Crippen molar-refractivity contribution in [3.63, 3.8) is 0 Å². The zero-order valence-corrected chi connectivity index (χ0v) is 18.0. The largest absolute Gasteiger partial charge is 0.0843 e. The molecule has 4 aromatic carbocycles. The minimum Gasteiger partial charge on any atom is -0.0843 e. The molecule has 0 amide bonds. The van der Waals surface area contributed by atoms with E-state index in [4.69, 9.17) is 11.6 Å². The van der Waals surface area contributed by atoms with Gasteiger partial charge in [0.25, 0.3) is 0 Å². The van der Waals surface area contributed by atoms with Crippen molar-refractivity contribution in [2.24, 2.45) is 0 Å². The molecule has 0 spiro atoms. The van der Waals surface area contributed by atoms with E-state index in [0.29, 0.717) is 0 Å². The van der Waals surface area contributed by atoms with Gasteiger partial charge in [-0.1, -0.05) is 81.8 Å². The van der Waals surface area contributed by atoms with Gasteiger partial charge in [-0.3, -0.25) is 0 Å². The number of benzene rings is 4. The molecule has 0 nitrogen and oxygen atoms in total. The van der Waals surface area contributed by atoms with Gasteiger partial charge in [0.15, 0.2) is 0 Å². The smallest absolute Gasteiger partial charge is 0.0412 e. The van der Waals surface area contributed by atoms with Crippen molar-refractivity contribution < 1.29 is 0 Å². The minimum absolute atomic E-state index is 0.0140. The fourth-order valence-electron chi connectivity index (χ4n) is 5.81. The monoisotopic (exact) mass is 394 g/mol. The first-order valence-electron chi connectivity index (χ1n) is 10.3. The third-order valence-electron chi connectivity index (χ3n) is 7.28. The van der Waals surface area contributed by atoms with Gasteiger partial charge in [-0.15, -0.1) is 0 Å². The van der Waals surface area contributed by atoms with Gasteiger partial charge in [-0.05, 0) is 79.5 Å². The molecule has 2 aliphatic rings. The van der Waals surface area contributed by atoms with Crippen LogP contribution in [0, 0.1) is 0 Å². The number of halogens is 1. The third kappa shape index (κ3) is 2.05. The average Bonchev–Trinajstić information content (AvgIpc) is 3.05. The van der Waals surface area contributed by atoms with Crippen molar-refractivity contribution >= 4 is 22.4 Å². The Balaban J connectivity index is 1.75. The highest BCUT2D eigenvalue weighted by molar-refractivity contribution is 6.31. The van der Waals surface area contributed by atoms with Crippen LogP contribution in [-0.2, 0) is 10.8 Å². The topological polar surface area (TPSA) is 0 Å². The van der Waals surface area contributed by atoms with E-state index in [2.05, 4.69) is 88.4 Å². The zero-order valence-electron chi connectivity index (χ0n) is 17.2. The number of hydrogen-bond donors (Lipinski definition) is 0. The minimum atomic E-state index is -0.0555. The van der Waals surface area contributed by atoms with Crippen molar-refractivity contribution in [2.45, 2.75) is 38.5 Å². The summed E-state index contributed by atoms with van der Waals surface area (Å²) in [5, 5.41) is 3.43. The molecule has 0 aromatic heterocycles. The highest BCUT2D eigenvalue weighted by Gasteiger charge is 2.44. The Kier molecular flexibility index (Phi) is 3.17. The number of fused-ring (bicyclic) bond motifs is 8. The molecule has 0 radical (unpaired) electrons. The summed E-state index contributed by atoms with van der Waals surface area (Å²) in [6.45, 7) is 9.42. The zero-order chi connectivity index (χ0) is 20.1. The van der Waals surface area contributed by atoms with Crippen LogP contribution in [0.2, 0.25) is 5.02 Å². The Bertz CT molecular complexity index is 1350. The summed E-state index contributed by atoms with van der Waals surface area (Å²) in [7, 11) is 0. The molecule has 0 atom stereocenters. The summed E-state index contributed by atoms with van der Waals surface area (Å²) >= 11 is 6.47. The summed E-state index contributed by atoms with van der Waals surface area (Å²) in [5.41, 5.74) is 11.1. The summed E-state index contributed by atoms with van der Waals surface area (Å²) in [6.07, 6.45) is 0. The lowest BCUT2D eigenvalue weighted by atomic mass is 9.77. The Labute approximate surface area is 177 Å². The molecule has 0 bridgehead atoms. The lowest BCUT2D eigenvalue weighted by molar-refractivity contribution is 0.648.